The first-order valence-corrected chi connectivity index (χ1v) is 10.7. The van der Waals surface area contributed by atoms with E-state index in [2.05, 4.69) is 11.4 Å². The highest BCUT2D eigenvalue weighted by Gasteiger charge is 2.42. The summed E-state index contributed by atoms with van der Waals surface area (Å²) in [5.74, 6) is 0.772. The quantitative estimate of drug-likeness (QED) is 0.739. The van der Waals surface area contributed by atoms with E-state index in [4.69, 9.17) is 0 Å². The Morgan fingerprint density at radius 1 is 0.967 bits per heavy atom. The van der Waals surface area contributed by atoms with Crippen LogP contribution in [0.4, 0.5) is 13.2 Å². The second-order valence-electron chi connectivity index (χ2n) is 8.72. The minimum absolute atomic E-state index is 0.0480. The molecule has 2 saturated heterocycles. The summed E-state index contributed by atoms with van der Waals surface area (Å²) in [6, 6.07) is 11.5. The fourth-order valence-corrected chi connectivity index (χ4v) is 5.40. The second kappa shape index (κ2) is 7.41. The molecule has 0 spiro atoms. The zero-order chi connectivity index (χ0) is 20.9. The van der Waals surface area contributed by atoms with Gasteiger partial charge in [0.05, 0.1) is 11.6 Å². The second-order valence-corrected chi connectivity index (χ2v) is 8.72. The lowest BCUT2D eigenvalue weighted by Gasteiger charge is -2.37. The summed E-state index contributed by atoms with van der Waals surface area (Å²) in [6.45, 7) is 2.54. The lowest BCUT2D eigenvalue weighted by atomic mass is 9.92. The molecule has 158 valence electrons. The van der Waals surface area contributed by atoms with E-state index in [1.165, 1.54) is 17.7 Å². The maximum Gasteiger partial charge on any atom is 0.416 e. The van der Waals surface area contributed by atoms with Crippen molar-refractivity contribution < 1.29 is 18.0 Å². The van der Waals surface area contributed by atoms with E-state index in [0.717, 1.165) is 62.5 Å². The number of carbonyl (C=O) groups excluding carboxylic acids is 1. The van der Waals surface area contributed by atoms with Crippen molar-refractivity contribution in [1.29, 1.82) is 0 Å². The van der Waals surface area contributed by atoms with Gasteiger partial charge < -0.3 is 10.2 Å². The molecule has 30 heavy (non-hydrogen) atoms. The number of benzene rings is 2. The maximum absolute atomic E-state index is 13.2. The number of amides is 1. The van der Waals surface area contributed by atoms with Gasteiger partial charge in [-0.3, -0.25) is 4.79 Å². The highest BCUT2D eigenvalue weighted by molar-refractivity contribution is 5.80. The summed E-state index contributed by atoms with van der Waals surface area (Å²) in [6.07, 6.45) is -0.714. The van der Waals surface area contributed by atoms with E-state index >= 15 is 0 Å². The number of fused-ring (bicyclic) bond motifs is 5. The van der Waals surface area contributed by atoms with E-state index < -0.39 is 11.7 Å². The van der Waals surface area contributed by atoms with Gasteiger partial charge in [-0.1, -0.05) is 24.3 Å². The van der Waals surface area contributed by atoms with Crippen LogP contribution in [0, 0.1) is 5.92 Å². The normalized spacial score (nSPS) is 24.0. The first-order valence-electron chi connectivity index (χ1n) is 10.7. The van der Waals surface area contributed by atoms with E-state index in [0.29, 0.717) is 11.5 Å². The molecule has 0 aromatic heterocycles. The van der Waals surface area contributed by atoms with Crippen LogP contribution in [0.3, 0.4) is 0 Å². The highest BCUT2D eigenvalue weighted by Crippen LogP contribution is 2.50. The van der Waals surface area contributed by atoms with Crippen LogP contribution >= 0.6 is 0 Å². The van der Waals surface area contributed by atoms with Crippen LogP contribution in [0.15, 0.2) is 42.5 Å². The van der Waals surface area contributed by atoms with Gasteiger partial charge in [-0.15, -0.1) is 0 Å². The van der Waals surface area contributed by atoms with Gasteiger partial charge in [0.2, 0.25) is 5.91 Å². The van der Waals surface area contributed by atoms with Gasteiger partial charge in [0.15, 0.2) is 0 Å². The standard InChI is InChI=1S/C24H25F3N2O/c25-24(26,27)19-3-1-2-16(12-19)17-4-5-20-18-8-11-29(22(14-18)21(20)13-17)23(30)15-6-9-28-10-7-15/h1-5,12-13,15,18,22,28H,6-11,14H2. The predicted molar refractivity (Wildman–Crippen MR) is 109 cm³/mol. The van der Waals surface area contributed by atoms with Crippen molar-refractivity contribution in [1.82, 2.24) is 10.2 Å². The molecule has 3 aliphatic rings. The monoisotopic (exact) mass is 414 g/mol. The number of hydrogen-bond acceptors (Lipinski definition) is 2. The molecule has 1 N–H and O–H groups in total. The first kappa shape index (κ1) is 19.6. The molecular formula is C24H25F3N2O. The van der Waals surface area contributed by atoms with Gasteiger partial charge in [0.1, 0.15) is 0 Å². The number of halogens is 3. The molecule has 2 heterocycles. The lowest BCUT2D eigenvalue weighted by Crippen LogP contribution is -2.44. The summed E-state index contributed by atoms with van der Waals surface area (Å²) >= 11 is 0. The van der Waals surface area contributed by atoms with Crippen molar-refractivity contribution in [3.63, 3.8) is 0 Å². The summed E-state index contributed by atoms with van der Waals surface area (Å²) in [5, 5.41) is 3.31. The number of piperidine rings is 2. The number of nitrogens with one attached hydrogen (secondary N) is 1. The Morgan fingerprint density at radius 3 is 2.50 bits per heavy atom. The van der Waals surface area contributed by atoms with Gasteiger partial charge in [-0.2, -0.15) is 13.2 Å². The van der Waals surface area contributed by atoms with Crippen molar-refractivity contribution in [2.75, 3.05) is 19.6 Å². The number of alkyl halides is 3. The van der Waals surface area contributed by atoms with Crippen LogP contribution in [-0.2, 0) is 11.0 Å². The molecule has 2 fully saturated rings. The third-order valence-corrected chi connectivity index (χ3v) is 6.98. The Labute approximate surface area is 174 Å². The van der Waals surface area contributed by atoms with Crippen molar-refractivity contribution in [3.8, 4) is 11.1 Å². The Balaban J connectivity index is 1.47. The van der Waals surface area contributed by atoms with Crippen LogP contribution in [0.5, 0.6) is 0 Å². The SMILES string of the molecule is O=C(C1CCNCC1)N1CCC2CC1c1cc(-c3cccc(C(F)(F)F)c3)ccc12. The molecular weight excluding hydrogens is 389 g/mol. The summed E-state index contributed by atoms with van der Waals surface area (Å²) in [5.41, 5.74) is 3.08. The zero-order valence-corrected chi connectivity index (χ0v) is 16.7. The molecule has 3 nitrogen and oxygen atoms in total. The third-order valence-electron chi connectivity index (χ3n) is 6.98. The van der Waals surface area contributed by atoms with E-state index in [9.17, 15) is 18.0 Å². The smallest absolute Gasteiger partial charge is 0.335 e. The number of nitrogens with zero attached hydrogens (tertiary/aromatic N) is 1. The molecule has 2 bridgehead atoms. The number of rotatable bonds is 2. The molecule has 0 saturated carbocycles. The minimum Gasteiger partial charge on any atom is -0.335 e. The molecule has 2 aromatic rings. The van der Waals surface area contributed by atoms with Crippen LogP contribution in [-0.4, -0.2) is 30.4 Å². The van der Waals surface area contributed by atoms with Crippen molar-refractivity contribution in [3.05, 3.63) is 59.2 Å². The molecule has 2 unspecified atom stereocenters. The van der Waals surface area contributed by atoms with Crippen LogP contribution in [0.25, 0.3) is 11.1 Å². The first-order chi connectivity index (χ1) is 14.4. The van der Waals surface area contributed by atoms with E-state index in [1.54, 1.807) is 6.07 Å². The molecule has 2 aliphatic heterocycles. The zero-order valence-electron chi connectivity index (χ0n) is 16.7. The van der Waals surface area contributed by atoms with Crippen LogP contribution in [0.2, 0.25) is 0 Å². The number of carbonyl (C=O) groups is 1. The molecule has 1 aliphatic carbocycles. The average Bonchev–Trinajstić information content (AvgIpc) is 3.05. The third kappa shape index (κ3) is 3.41. The molecule has 1 amide bonds. The average molecular weight is 414 g/mol. The molecule has 2 atom stereocenters. The molecule has 5 rings (SSSR count). The van der Waals surface area contributed by atoms with Crippen LogP contribution in [0.1, 0.15) is 54.3 Å². The van der Waals surface area contributed by atoms with Crippen molar-refractivity contribution in [2.45, 2.75) is 43.8 Å². The molecule has 6 heteroatoms. The minimum atomic E-state index is -4.36. The highest BCUT2D eigenvalue weighted by atomic mass is 19.4. The summed E-state index contributed by atoms with van der Waals surface area (Å²) in [7, 11) is 0. The van der Waals surface area contributed by atoms with Gasteiger partial charge in [-0.25, -0.2) is 0 Å². The van der Waals surface area contributed by atoms with Gasteiger partial charge in [0.25, 0.3) is 0 Å². The Morgan fingerprint density at radius 2 is 1.73 bits per heavy atom. The van der Waals surface area contributed by atoms with Crippen molar-refractivity contribution >= 4 is 5.91 Å². The summed E-state index contributed by atoms with van der Waals surface area (Å²) < 4.78 is 39.4. The topological polar surface area (TPSA) is 32.3 Å². The number of likely N-dealkylation sites (tertiary alicyclic amines) is 1. The van der Waals surface area contributed by atoms with Gasteiger partial charge in [0, 0.05) is 12.5 Å². The van der Waals surface area contributed by atoms with Crippen LogP contribution < -0.4 is 5.32 Å². The van der Waals surface area contributed by atoms with Gasteiger partial charge >= 0.3 is 6.18 Å². The Hall–Kier alpha value is -2.34. The van der Waals surface area contributed by atoms with Gasteiger partial charge in [-0.05, 0) is 85.1 Å². The largest absolute Gasteiger partial charge is 0.416 e. The Bertz CT molecular complexity index is 965. The number of hydrogen-bond donors (Lipinski definition) is 1. The van der Waals surface area contributed by atoms with Crippen molar-refractivity contribution in [2.24, 2.45) is 5.92 Å². The molecule has 2 aromatic carbocycles. The fraction of sp³-hybridized carbons (Fsp3) is 0.458. The fourth-order valence-electron chi connectivity index (χ4n) is 5.40. The lowest BCUT2D eigenvalue weighted by molar-refractivity contribution is -0.140. The summed E-state index contributed by atoms with van der Waals surface area (Å²) in [4.78, 5) is 15.3. The Kier molecular flexibility index (Phi) is 4.85. The predicted octanol–water partition coefficient (Wildman–Crippen LogP) is 5.13. The van der Waals surface area contributed by atoms with E-state index in [1.807, 2.05) is 17.0 Å². The maximum atomic E-state index is 13.2. The van der Waals surface area contributed by atoms with E-state index in [-0.39, 0.29) is 17.9 Å². The molecule has 0 radical (unpaired) electrons.